The molecule has 46 heavy (non-hydrogen) atoms. The third kappa shape index (κ3) is 8.27. The van der Waals surface area contributed by atoms with Gasteiger partial charge in [-0.1, -0.05) is 73.4 Å². The van der Waals surface area contributed by atoms with Gasteiger partial charge in [0, 0.05) is 11.1 Å². The highest BCUT2D eigenvalue weighted by Crippen LogP contribution is 2.30. The van der Waals surface area contributed by atoms with Crippen LogP contribution >= 0.6 is 23.2 Å². The number of phenolic OH excluding ortho intramolecular Hbond substituents is 2. The minimum absolute atomic E-state index is 0.217. The van der Waals surface area contributed by atoms with Gasteiger partial charge in [0.2, 0.25) is 0 Å². The number of carbonyl (C=O) groups is 2. The van der Waals surface area contributed by atoms with Crippen molar-refractivity contribution in [3.05, 3.63) is 153 Å². The minimum Gasteiger partial charge on any atom is -0.508 e. The van der Waals surface area contributed by atoms with E-state index >= 15 is 0 Å². The highest BCUT2D eigenvalue weighted by atomic mass is 35.5. The van der Waals surface area contributed by atoms with E-state index in [2.05, 4.69) is 24.5 Å². The number of halogens is 2. The molecule has 5 rings (SSSR count). The molecule has 2 unspecified atom stereocenters. The van der Waals surface area contributed by atoms with Crippen molar-refractivity contribution >= 4 is 46.4 Å². The smallest absolute Gasteiger partial charge is 0.255 e. The predicted octanol–water partition coefficient (Wildman–Crippen LogP) is 9.60. The Labute approximate surface area is 278 Å². The summed E-state index contributed by atoms with van der Waals surface area (Å²) in [6, 6.07) is 31.8. The van der Waals surface area contributed by atoms with E-state index < -0.39 is 0 Å². The highest BCUT2D eigenvalue weighted by molar-refractivity contribution is 6.34. The molecule has 0 radical (unpaired) electrons. The summed E-state index contributed by atoms with van der Waals surface area (Å²) in [5.74, 6) is 0.206. The lowest BCUT2D eigenvalue weighted by Crippen LogP contribution is -2.15. The number of aromatic hydroxyl groups is 2. The molecule has 2 atom stereocenters. The molecule has 0 spiro atoms. The fourth-order valence-corrected chi connectivity index (χ4v) is 5.79. The summed E-state index contributed by atoms with van der Waals surface area (Å²) >= 11 is 13.0. The van der Waals surface area contributed by atoms with Gasteiger partial charge in [0.25, 0.3) is 11.8 Å². The maximum atomic E-state index is 13.0. The van der Waals surface area contributed by atoms with Crippen molar-refractivity contribution in [2.24, 2.45) is 0 Å². The van der Waals surface area contributed by atoms with E-state index in [1.165, 1.54) is 0 Å². The summed E-state index contributed by atoms with van der Waals surface area (Å²) in [7, 11) is 0. The van der Waals surface area contributed by atoms with Crippen LogP contribution in [0.4, 0.5) is 11.4 Å². The molecule has 4 N–H and O–H groups in total. The van der Waals surface area contributed by atoms with E-state index in [0.29, 0.717) is 32.5 Å². The largest absolute Gasteiger partial charge is 0.508 e. The van der Waals surface area contributed by atoms with Crippen molar-refractivity contribution in [1.82, 2.24) is 0 Å². The number of hydrogen-bond acceptors (Lipinski definition) is 4. The molecular weight excluding hydrogens is 619 g/mol. The number of rotatable bonds is 10. The Kier molecular flexibility index (Phi) is 10.3. The molecule has 0 aromatic heterocycles. The van der Waals surface area contributed by atoms with Crippen molar-refractivity contribution in [2.75, 3.05) is 10.6 Å². The number of hydrogen-bond donors (Lipinski definition) is 4. The molecule has 0 aliphatic heterocycles. The normalized spacial score (nSPS) is 12.3. The Balaban J connectivity index is 1.16. The molecule has 5 aromatic rings. The standard InChI is InChI=1S/C38H34Cl2N2O4/c1-23(27-9-13-31(43)14-10-27)19-25-3-17-35(33(39)21-25)41-37(45)29-5-7-30(8-6-29)38(46)42-36-18-4-26(22-34(36)40)20-24(2)28-11-15-32(44)16-12-28/h3-18,21-24,43-44H,19-20H2,1-2H3,(H,41,45)(H,42,46). The average molecular weight is 654 g/mol. The first kappa shape index (κ1) is 32.6. The number of benzene rings is 5. The fraction of sp³-hybridized carbons (Fsp3) is 0.158. The zero-order valence-electron chi connectivity index (χ0n) is 25.4. The van der Waals surface area contributed by atoms with Crippen molar-refractivity contribution in [1.29, 1.82) is 0 Å². The monoisotopic (exact) mass is 652 g/mol. The van der Waals surface area contributed by atoms with Crippen molar-refractivity contribution in [3.63, 3.8) is 0 Å². The van der Waals surface area contributed by atoms with Gasteiger partial charge in [0.1, 0.15) is 11.5 Å². The van der Waals surface area contributed by atoms with E-state index in [4.69, 9.17) is 23.2 Å². The Hall–Kier alpha value is -4.78. The second-order valence-electron chi connectivity index (χ2n) is 11.5. The SMILES string of the molecule is CC(Cc1ccc(NC(=O)c2ccc(C(=O)Nc3ccc(CC(C)c4ccc(O)cc4)cc3Cl)cc2)c(Cl)c1)c1ccc(O)cc1. The van der Waals surface area contributed by atoms with Crippen LogP contribution in [0.15, 0.2) is 109 Å². The van der Waals surface area contributed by atoms with Gasteiger partial charge in [-0.05, 0) is 120 Å². The van der Waals surface area contributed by atoms with Gasteiger partial charge in [0.15, 0.2) is 0 Å². The van der Waals surface area contributed by atoms with Crippen LogP contribution in [0.1, 0.15) is 68.7 Å². The minimum atomic E-state index is -0.348. The molecule has 0 heterocycles. The van der Waals surface area contributed by atoms with E-state index in [-0.39, 0.29) is 35.1 Å². The van der Waals surface area contributed by atoms with Crippen LogP contribution in [-0.2, 0) is 12.8 Å². The molecule has 0 aliphatic carbocycles. The van der Waals surface area contributed by atoms with Crippen molar-refractivity contribution in [3.8, 4) is 11.5 Å². The Morgan fingerprint density at radius 1 is 0.565 bits per heavy atom. The van der Waals surface area contributed by atoms with Gasteiger partial charge in [-0.25, -0.2) is 0 Å². The van der Waals surface area contributed by atoms with Gasteiger partial charge in [-0.3, -0.25) is 9.59 Å². The molecule has 8 heteroatoms. The van der Waals surface area contributed by atoms with Crippen molar-refractivity contribution < 1.29 is 19.8 Å². The molecule has 234 valence electrons. The first-order valence-electron chi connectivity index (χ1n) is 14.9. The van der Waals surface area contributed by atoms with Crippen molar-refractivity contribution in [2.45, 2.75) is 38.5 Å². The Morgan fingerprint density at radius 2 is 0.913 bits per heavy atom. The molecule has 0 bridgehead atoms. The van der Waals surface area contributed by atoms with Crippen LogP contribution in [0, 0.1) is 0 Å². The summed E-state index contributed by atoms with van der Waals surface area (Å²) in [5, 5.41) is 25.6. The van der Waals surface area contributed by atoms with Gasteiger partial charge >= 0.3 is 0 Å². The first-order chi connectivity index (χ1) is 22.0. The van der Waals surface area contributed by atoms with E-state index in [1.807, 2.05) is 48.5 Å². The predicted molar refractivity (Wildman–Crippen MR) is 186 cm³/mol. The molecule has 0 saturated carbocycles. The van der Waals surface area contributed by atoms with Gasteiger partial charge in [-0.2, -0.15) is 0 Å². The van der Waals surface area contributed by atoms with E-state index in [9.17, 15) is 19.8 Å². The van der Waals surface area contributed by atoms with Crippen LogP contribution in [0.2, 0.25) is 10.0 Å². The third-order valence-corrected chi connectivity index (χ3v) is 8.61. The fourth-order valence-electron chi connectivity index (χ4n) is 5.28. The molecule has 0 aliphatic rings. The Morgan fingerprint density at radius 3 is 1.24 bits per heavy atom. The number of anilines is 2. The second kappa shape index (κ2) is 14.5. The van der Waals surface area contributed by atoms with Gasteiger partial charge < -0.3 is 20.8 Å². The molecular formula is C38H34Cl2N2O4. The molecule has 6 nitrogen and oxygen atoms in total. The zero-order chi connectivity index (χ0) is 32.8. The van der Waals surface area contributed by atoms with E-state index in [0.717, 1.165) is 35.1 Å². The lowest BCUT2D eigenvalue weighted by Gasteiger charge is -2.14. The van der Waals surface area contributed by atoms with Crippen LogP contribution < -0.4 is 10.6 Å². The van der Waals surface area contributed by atoms with Crippen LogP contribution in [0.5, 0.6) is 11.5 Å². The number of amides is 2. The lowest BCUT2D eigenvalue weighted by molar-refractivity contribution is 0.101. The van der Waals surface area contributed by atoms with Crippen LogP contribution in [-0.4, -0.2) is 22.0 Å². The van der Waals surface area contributed by atoms with Gasteiger partial charge in [0.05, 0.1) is 21.4 Å². The van der Waals surface area contributed by atoms with E-state index in [1.54, 1.807) is 60.7 Å². The zero-order valence-corrected chi connectivity index (χ0v) is 26.9. The number of nitrogens with one attached hydrogen (secondary N) is 2. The molecule has 0 saturated heterocycles. The lowest BCUT2D eigenvalue weighted by atomic mass is 9.93. The summed E-state index contributed by atoms with van der Waals surface area (Å²) in [6.07, 6.45) is 1.50. The second-order valence-corrected chi connectivity index (χ2v) is 12.3. The van der Waals surface area contributed by atoms with Crippen LogP contribution in [0.25, 0.3) is 0 Å². The number of carbonyl (C=O) groups excluding carboxylic acids is 2. The topological polar surface area (TPSA) is 98.7 Å². The summed E-state index contributed by atoms with van der Waals surface area (Å²) in [4.78, 5) is 25.9. The maximum absolute atomic E-state index is 13.0. The first-order valence-corrected chi connectivity index (χ1v) is 15.7. The van der Waals surface area contributed by atoms with Gasteiger partial charge in [-0.15, -0.1) is 0 Å². The Bertz CT molecular complexity index is 1700. The summed E-state index contributed by atoms with van der Waals surface area (Å²) < 4.78 is 0. The third-order valence-electron chi connectivity index (χ3n) is 7.98. The highest BCUT2D eigenvalue weighted by Gasteiger charge is 2.15. The molecule has 0 fully saturated rings. The summed E-state index contributed by atoms with van der Waals surface area (Å²) in [6.45, 7) is 4.21. The number of phenols is 2. The molecule has 5 aromatic carbocycles. The average Bonchev–Trinajstić information content (AvgIpc) is 3.04. The van der Waals surface area contributed by atoms with Crippen LogP contribution in [0.3, 0.4) is 0 Å². The molecule has 2 amide bonds. The quantitative estimate of drug-likeness (QED) is 0.121. The summed E-state index contributed by atoms with van der Waals surface area (Å²) in [5.41, 5.74) is 6.00. The maximum Gasteiger partial charge on any atom is 0.255 e.